The summed E-state index contributed by atoms with van der Waals surface area (Å²) in [5.74, 6) is 0.955. The van der Waals surface area contributed by atoms with Crippen LogP contribution in [0, 0.1) is 11.3 Å². The minimum Gasteiger partial charge on any atom is -0.303 e. The molecule has 3 fully saturated rings. The van der Waals surface area contributed by atoms with Crippen LogP contribution in [0.25, 0.3) is 0 Å². The Morgan fingerprint density at radius 1 is 0.708 bits per heavy atom. The molecule has 1 spiro atoms. The molecule has 3 heteroatoms. The first-order valence-electron chi connectivity index (χ1n) is 10.7. The first-order valence-corrected chi connectivity index (χ1v) is 10.7. The molecule has 3 rings (SSSR count). The average Bonchev–Trinajstić information content (AvgIpc) is 2.58. The molecule has 0 saturated carbocycles. The highest BCUT2D eigenvalue weighted by Gasteiger charge is 2.38. The average molecular weight is 336 g/mol. The molecule has 3 saturated heterocycles. The highest BCUT2D eigenvalue weighted by atomic mass is 15.2. The molecule has 0 unspecified atom stereocenters. The molecule has 3 heterocycles. The fraction of sp³-hybridized carbons (Fsp3) is 1.00. The third-order valence-electron chi connectivity index (χ3n) is 7.40. The number of rotatable bonds is 4. The van der Waals surface area contributed by atoms with Gasteiger partial charge in [0.25, 0.3) is 0 Å². The number of hydrogen-bond acceptors (Lipinski definition) is 3. The summed E-state index contributed by atoms with van der Waals surface area (Å²) < 4.78 is 0. The molecule has 24 heavy (non-hydrogen) atoms. The van der Waals surface area contributed by atoms with Gasteiger partial charge in [-0.1, -0.05) is 0 Å². The van der Waals surface area contributed by atoms with Crippen LogP contribution in [0.2, 0.25) is 0 Å². The van der Waals surface area contributed by atoms with Gasteiger partial charge in [-0.25, -0.2) is 0 Å². The maximum atomic E-state index is 2.80. The zero-order valence-corrected chi connectivity index (χ0v) is 16.8. The zero-order chi connectivity index (χ0) is 17.2. The highest BCUT2D eigenvalue weighted by molar-refractivity contribution is 4.91. The van der Waals surface area contributed by atoms with Crippen molar-refractivity contribution in [2.45, 2.75) is 78.3 Å². The van der Waals surface area contributed by atoms with Gasteiger partial charge in [0.2, 0.25) is 0 Å². The predicted octanol–water partition coefficient (Wildman–Crippen LogP) is 3.69. The van der Waals surface area contributed by atoms with Crippen molar-refractivity contribution < 1.29 is 0 Å². The Bertz CT molecular complexity index is 367. The largest absolute Gasteiger partial charge is 0.303 e. The normalized spacial score (nSPS) is 28.2. The first-order chi connectivity index (χ1) is 11.5. The van der Waals surface area contributed by atoms with Crippen molar-refractivity contribution in [1.82, 2.24) is 14.7 Å². The van der Waals surface area contributed by atoms with Crippen molar-refractivity contribution in [3.63, 3.8) is 0 Å². The Balaban J connectivity index is 1.39. The maximum absolute atomic E-state index is 2.80. The van der Waals surface area contributed by atoms with Crippen LogP contribution < -0.4 is 0 Å². The van der Waals surface area contributed by atoms with Gasteiger partial charge < -0.3 is 14.7 Å². The van der Waals surface area contributed by atoms with E-state index in [0.717, 1.165) is 18.0 Å². The molecule has 3 nitrogen and oxygen atoms in total. The molecule has 0 atom stereocenters. The summed E-state index contributed by atoms with van der Waals surface area (Å²) >= 11 is 0. The van der Waals surface area contributed by atoms with Gasteiger partial charge in [-0.05, 0) is 117 Å². The van der Waals surface area contributed by atoms with Crippen LogP contribution in [0.1, 0.15) is 66.2 Å². The summed E-state index contributed by atoms with van der Waals surface area (Å²) in [5, 5.41) is 0. The molecule has 140 valence electrons. The first kappa shape index (κ1) is 18.7. The second kappa shape index (κ2) is 8.05. The number of likely N-dealkylation sites (tertiary alicyclic amines) is 3. The molecule has 3 aliphatic rings. The fourth-order valence-electron chi connectivity index (χ4n) is 5.24. The van der Waals surface area contributed by atoms with Crippen molar-refractivity contribution in [2.75, 3.05) is 45.8 Å². The lowest BCUT2D eigenvalue weighted by Crippen LogP contribution is -2.49. The van der Waals surface area contributed by atoms with Gasteiger partial charge in [-0.15, -0.1) is 0 Å². The zero-order valence-electron chi connectivity index (χ0n) is 16.8. The van der Waals surface area contributed by atoms with Crippen LogP contribution in [-0.2, 0) is 0 Å². The summed E-state index contributed by atoms with van der Waals surface area (Å²) in [6, 6.07) is 1.47. The lowest BCUT2D eigenvalue weighted by Gasteiger charge is -2.48. The van der Waals surface area contributed by atoms with Crippen LogP contribution in [0.4, 0.5) is 0 Å². The minimum atomic E-state index is 0.697. The molecule has 0 aromatic rings. The van der Waals surface area contributed by atoms with Crippen molar-refractivity contribution in [3.05, 3.63) is 0 Å². The van der Waals surface area contributed by atoms with Crippen molar-refractivity contribution >= 4 is 0 Å². The monoisotopic (exact) mass is 335 g/mol. The van der Waals surface area contributed by atoms with Gasteiger partial charge in [-0.3, -0.25) is 0 Å². The van der Waals surface area contributed by atoms with E-state index in [9.17, 15) is 0 Å². The molecular formula is C21H41N3. The molecule has 0 aromatic heterocycles. The van der Waals surface area contributed by atoms with E-state index >= 15 is 0 Å². The van der Waals surface area contributed by atoms with Gasteiger partial charge in [0.15, 0.2) is 0 Å². The topological polar surface area (TPSA) is 9.72 Å². The minimum absolute atomic E-state index is 0.697. The second-order valence-electron chi connectivity index (χ2n) is 9.50. The molecule has 3 aliphatic heterocycles. The lowest BCUT2D eigenvalue weighted by atomic mass is 9.71. The van der Waals surface area contributed by atoms with Crippen LogP contribution in [0.3, 0.4) is 0 Å². The molecule has 0 bridgehead atoms. The van der Waals surface area contributed by atoms with E-state index in [4.69, 9.17) is 0 Å². The van der Waals surface area contributed by atoms with Crippen LogP contribution in [0.5, 0.6) is 0 Å². The number of nitrogens with zero attached hydrogens (tertiary/aromatic N) is 3. The smallest absolute Gasteiger partial charge is 0.00385 e. The fourth-order valence-corrected chi connectivity index (χ4v) is 5.24. The summed E-state index contributed by atoms with van der Waals surface area (Å²) in [7, 11) is 0. The molecular weight excluding hydrogens is 294 g/mol. The van der Waals surface area contributed by atoms with E-state index in [2.05, 4.69) is 42.4 Å². The SMILES string of the molecule is CC(C)N1CCC(CN2CCC3(CC2)CCN(C(C)C)CC3)CC1. The Labute approximate surface area is 150 Å². The van der Waals surface area contributed by atoms with E-state index in [1.165, 1.54) is 84.3 Å². The van der Waals surface area contributed by atoms with E-state index in [0.29, 0.717) is 5.41 Å². The third-order valence-corrected chi connectivity index (χ3v) is 7.40. The molecule has 0 amide bonds. The van der Waals surface area contributed by atoms with Gasteiger partial charge in [-0.2, -0.15) is 0 Å². The summed E-state index contributed by atoms with van der Waals surface area (Å²) in [6.07, 6.45) is 8.66. The molecule has 0 aliphatic carbocycles. The Kier molecular flexibility index (Phi) is 6.26. The quantitative estimate of drug-likeness (QED) is 0.776. The summed E-state index contributed by atoms with van der Waals surface area (Å²) in [5.41, 5.74) is 0.697. The highest BCUT2D eigenvalue weighted by Crippen LogP contribution is 2.41. The Hall–Kier alpha value is -0.120. The molecule has 0 aromatic carbocycles. The van der Waals surface area contributed by atoms with Gasteiger partial charge >= 0.3 is 0 Å². The van der Waals surface area contributed by atoms with E-state index in [-0.39, 0.29) is 0 Å². The standard InChI is InChI=1S/C21H41N3/c1-18(2)23-11-5-20(6-12-23)17-22-13-7-21(8-14-22)9-15-24(16-10-21)19(3)4/h18-20H,5-17H2,1-4H3. The van der Waals surface area contributed by atoms with Gasteiger partial charge in [0, 0.05) is 18.6 Å². The third kappa shape index (κ3) is 4.53. The predicted molar refractivity (Wildman–Crippen MR) is 103 cm³/mol. The maximum Gasteiger partial charge on any atom is 0.00385 e. The van der Waals surface area contributed by atoms with Crippen LogP contribution in [0.15, 0.2) is 0 Å². The lowest BCUT2D eigenvalue weighted by molar-refractivity contribution is 0.0167. The van der Waals surface area contributed by atoms with Crippen LogP contribution >= 0.6 is 0 Å². The summed E-state index contributed by atoms with van der Waals surface area (Å²) in [6.45, 7) is 18.8. The van der Waals surface area contributed by atoms with Crippen LogP contribution in [-0.4, -0.2) is 72.6 Å². The van der Waals surface area contributed by atoms with E-state index < -0.39 is 0 Å². The van der Waals surface area contributed by atoms with Crippen molar-refractivity contribution in [3.8, 4) is 0 Å². The van der Waals surface area contributed by atoms with Gasteiger partial charge in [0.1, 0.15) is 0 Å². The number of hydrogen-bond donors (Lipinski definition) is 0. The molecule has 0 radical (unpaired) electrons. The second-order valence-corrected chi connectivity index (χ2v) is 9.50. The summed E-state index contributed by atoms with van der Waals surface area (Å²) in [4.78, 5) is 8.14. The van der Waals surface area contributed by atoms with E-state index in [1.54, 1.807) is 0 Å². The van der Waals surface area contributed by atoms with Gasteiger partial charge in [0.05, 0.1) is 0 Å². The van der Waals surface area contributed by atoms with Crippen molar-refractivity contribution in [1.29, 1.82) is 0 Å². The Morgan fingerprint density at radius 3 is 1.67 bits per heavy atom. The number of piperidine rings is 3. The Morgan fingerprint density at radius 2 is 1.17 bits per heavy atom. The molecule has 0 N–H and O–H groups in total. The van der Waals surface area contributed by atoms with E-state index in [1.807, 2.05) is 0 Å². The van der Waals surface area contributed by atoms with Crippen molar-refractivity contribution in [2.24, 2.45) is 11.3 Å².